The van der Waals surface area contributed by atoms with Crippen molar-refractivity contribution < 1.29 is 8.42 Å². The van der Waals surface area contributed by atoms with E-state index in [2.05, 4.69) is 30.8 Å². The van der Waals surface area contributed by atoms with E-state index in [1.54, 1.807) is 0 Å². The SMILES string of the molecule is CCNS(=O)(=O)CCNC1CCCCC1C(C)(C)C. The highest BCUT2D eigenvalue weighted by Gasteiger charge is 2.33. The fraction of sp³-hybridized carbons (Fsp3) is 1.00. The van der Waals surface area contributed by atoms with Crippen LogP contribution in [0.4, 0.5) is 0 Å². The predicted octanol–water partition coefficient (Wildman–Crippen LogP) is 2.12. The van der Waals surface area contributed by atoms with Crippen LogP contribution in [0.5, 0.6) is 0 Å². The molecule has 0 aromatic heterocycles. The molecule has 0 heterocycles. The van der Waals surface area contributed by atoms with E-state index in [9.17, 15) is 8.42 Å². The summed E-state index contributed by atoms with van der Waals surface area (Å²) in [4.78, 5) is 0. The molecule has 0 radical (unpaired) electrons. The van der Waals surface area contributed by atoms with E-state index in [4.69, 9.17) is 0 Å². The lowest BCUT2D eigenvalue weighted by Gasteiger charge is -2.41. The van der Waals surface area contributed by atoms with Gasteiger partial charge in [-0.15, -0.1) is 0 Å². The summed E-state index contributed by atoms with van der Waals surface area (Å²) in [5.41, 5.74) is 0.290. The van der Waals surface area contributed by atoms with Crippen molar-refractivity contribution in [2.24, 2.45) is 11.3 Å². The van der Waals surface area contributed by atoms with Gasteiger partial charge in [-0.25, -0.2) is 13.1 Å². The second-order valence-electron chi connectivity index (χ2n) is 6.63. The van der Waals surface area contributed by atoms with Gasteiger partial charge < -0.3 is 5.32 Å². The number of hydrogen-bond donors (Lipinski definition) is 2. The van der Waals surface area contributed by atoms with Crippen LogP contribution in [-0.2, 0) is 10.0 Å². The van der Waals surface area contributed by atoms with E-state index in [-0.39, 0.29) is 5.75 Å². The van der Waals surface area contributed by atoms with Crippen LogP contribution < -0.4 is 10.0 Å². The largest absolute Gasteiger partial charge is 0.313 e. The highest BCUT2D eigenvalue weighted by Crippen LogP contribution is 2.37. The molecule has 0 aliphatic heterocycles. The maximum Gasteiger partial charge on any atom is 0.212 e. The Balaban J connectivity index is 2.46. The minimum absolute atomic E-state index is 0.175. The van der Waals surface area contributed by atoms with Crippen molar-refractivity contribution in [1.29, 1.82) is 0 Å². The van der Waals surface area contributed by atoms with E-state index in [0.717, 1.165) is 0 Å². The molecule has 0 amide bonds. The topological polar surface area (TPSA) is 58.2 Å². The van der Waals surface area contributed by atoms with Crippen molar-refractivity contribution in [2.75, 3.05) is 18.8 Å². The zero-order valence-electron chi connectivity index (χ0n) is 12.8. The van der Waals surface area contributed by atoms with Crippen LogP contribution in [0, 0.1) is 11.3 Å². The van der Waals surface area contributed by atoms with Crippen LogP contribution in [0.25, 0.3) is 0 Å². The lowest BCUT2D eigenvalue weighted by atomic mass is 9.69. The van der Waals surface area contributed by atoms with Crippen molar-refractivity contribution in [3.8, 4) is 0 Å². The number of nitrogens with one attached hydrogen (secondary N) is 2. The predicted molar refractivity (Wildman–Crippen MR) is 80.7 cm³/mol. The van der Waals surface area contributed by atoms with Gasteiger partial charge in [-0.3, -0.25) is 0 Å². The van der Waals surface area contributed by atoms with Crippen LogP contribution in [0.3, 0.4) is 0 Å². The Morgan fingerprint density at radius 3 is 2.37 bits per heavy atom. The zero-order chi connectivity index (χ0) is 14.5. The molecule has 1 aliphatic carbocycles. The van der Waals surface area contributed by atoms with Crippen molar-refractivity contribution in [3.63, 3.8) is 0 Å². The third-order valence-electron chi connectivity index (χ3n) is 4.02. The first-order valence-electron chi connectivity index (χ1n) is 7.47. The normalized spacial score (nSPS) is 25.5. The minimum Gasteiger partial charge on any atom is -0.313 e. The van der Waals surface area contributed by atoms with E-state index in [0.29, 0.717) is 30.5 Å². The quantitative estimate of drug-likeness (QED) is 0.788. The Labute approximate surface area is 118 Å². The molecule has 1 saturated carbocycles. The van der Waals surface area contributed by atoms with Gasteiger partial charge in [-0.05, 0) is 24.2 Å². The number of sulfonamides is 1. The molecule has 0 aromatic rings. The molecular weight excluding hydrogens is 260 g/mol. The molecule has 2 N–H and O–H groups in total. The number of rotatable bonds is 6. The summed E-state index contributed by atoms with van der Waals surface area (Å²) in [5, 5.41) is 3.47. The molecule has 4 nitrogen and oxygen atoms in total. The highest BCUT2D eigenvalue weighted by molar-refractivity contribution is 7.89. The summed E-state index contributed by atoms with van der Waals surface area (Å²) in [6, 6.07) is 0.463. The van der Waals surface area contributed by atoms with Gasteiger partial charge in [0, 0.05) is 19.1 Å². The fourth-order valence-electron chi connectivity index (χ4n) is 3.08. The summed E-state index contributed by atoms with van der Waals surface area (Å²) < 4.78 is 25.7. The Bertz CT molecular complexity index is 360. The molecular formula is C14H30N2O2S. The first-order chi connectivity index (χ1) is 8.76. The molecule has 2 unspecified atom stereocenters. The van der Waals surface area contributed by atoms with Crippen LogP contribution in [0.2, 0.25) is 0 Å². The molecule has 1 aliphatic rings. The smallest absolute Gasteiger partial charge is 0.212 e. The Kier molecular flexibility index (Phi) is 6.27. The van der Waals surface area contributed by atoms with Gasteiger partial charge in [0.05, 0.1) is 5.75 Å². The third-order valence-corrected chi connectivity index (χ3v) is 5.49. The van der Waals surface area contributed by atoms with E-state index >= 15 is 0 Å². The molecule has 5 heteroatoms. The third kappa shape index (κ3) is 5.79. The standard InChI is InChI=1S/C14H30N2O2S/c1-5-16-19(17,18)11-10-15-13-9-7-6-8-12(13)14(2,3)4/h12-13,15-16H,5-11H2,1-4H3. The van der Waals surface area contributed by atoms with Crippen LogP contribution in [-0.4, -0.2) is 33.3 Å². The lowest BCUT2D eigenvalue weighted by Crippen LogP contribution is -2.46. The summed E-state index contributed by atoms with van der Waals surface area (Å²) in [5.74, 6) is 0.817. The van der Waals surface area contributed by atoms with Crippen LogP contribution >= 0.6 is 0 Å². The van der Waals surface area contributed by atoms with Crippen LogP contribution in [0.15, 0.2) is 0 Å². The summed E-state index contributed by atoms with van der Waals surface area (Å²) in [6.07, 6.45) is 4.98. The second kappa shape index (κ2) is 7.04. The van der Waals surface area contributed by atoms with Gasteiger partial charge in [0.1, 0.15) is 0 Å². The first-order valence-corrected chi connectivity index (χ1v) is 9.12. The molecule has 1 rings (SSSR count). The van der Waals surface area contributed by atoms with E-state index < -0.39 is 10.0 Å². The summed E-state index contributed by atoms with van der Waals surface area (Å²) >= 11 is 0. The van der Waals surface area contributed by atoms with Gasteiger partial charge in [0.25, 0.3) is 0 Å². The Morgan fingerprint density at radius 2 is 1.79 bits per heavy atom. The summed E-state index contributed by atoms with van der Waals surface area (Å²) in [6.45, 7) is 9.68. The number of hydrogen-bond acceptors (Lipinski definition) is 3. The van der Waals surface area contributed by atoms with Crippen molar-refractivity contribution >= 4 is 10.0 Å². The first kappa shape index (κ1) is 16.9. The molecule has 114 valence electrons. The fourth-order valence-corrected chi connectivity index (χ4v) is 4.05. The molecule has 0 spiro atoms. The van der Waals surface area contributed by atoms with Crippen molar-refractivity contribution in [3.05, 3.63) is 0 Å². The molecule has 0 bridgehead atoms. The summed E-state index contributed by atoms with van der Waals surface area (Å²) in [7, 11) is -3.10. The Hall–Kier alpha value is -0.130. The molecule has 1 fully saturated rings. The molecule has 19 heavy (non-hydrogen) atoms. The van der Waals surface area contributed by atoms with Gasteiger partial charge in [-0.2, -0.15) is 0 Å². The van der Waals surface area contributed by atoms with Gasteiger partial charge in [0.15, 0.2) is 0 Å². The average molecular weight is 290 g/mol. The zero-order valence-corrected chi connectivity index (χ0v) is 13.6. The minimum atomic E-state index is -3.10. The van der Waals surface area contributed by atoms with Crippen molar-refractivity contribution in [2.45, 2.75) is 59.4 Å². The maximum absolute atomic E-state index is 11.6. The average Bonchev–Trinajstić information content (AvgIpc) is 2.28. The van der Waals surface area contributed by atoms with Gasteiger partial charge in [0.2, 0.25) is 10.0 Å². The van der Waals surface area contributed by atoms with E-state index in [1.807, 2.05) is 6.92 Å². The maximum atomic E-state index is 11.6. The van der Waals surface area contributed by atoms with Crippen LogP contribution in [0.1, 0.15) is 53.4 Å². The highest BCUT2D eigenvalue weighted by atomic mass is 32.2. The molecule has 0 saturated heterocycles. The van der Waals surface area contributed by atoms with Gasteiger partial charge in [-0.1, -0.05) is 40.5 Å². The Morgan fingerprint density at radius 1 is 1.16 bits per heavy atom. The van der Waals surface area contributed by atoms with E-state index in [1.165, 1.54) is 25.7 Å². The lowest BCUT2D eigenvalue weighted by molar-refractivity contribution is 0.132. The van der Waals surface area contributed by atoms with Gasteiger partial charge >= 0.3 is 0 Å². The monoisotopic (exact) mass is 290 g/mol. The van der Waals surface area contributed by atoms with Crippen molar-refractivity contribution in [1.82, 2.24) is 10.0 Å². The molecule has 2 atom stereocenters. The second-order valence-corrected chi connectivity index (χ2v) is 8.56. The molecule has 0 aromatic carbocycles.